The number of nitrogens with zero attached hydrogens (tertiary/aromatic N) is 2. The number of carbonyl (C=O) groups excluding carboxylic acids is 1. The molecule has 2 heterocycles. The lowest BCUT2D eigenvalue weighted by atomic mass is 10.1. The predicted molar refractivity (Wildman–Crippen MR) is 101 cm³/mol. The van der Waals surface area contributed by atoms with Gasteiger partial charge in [0.2, 0.25) is 12.7 Å². The highest BCUT2D eigenvalue weighted by Gasteiger charge is 2.18. The van der Waals surface area contributed by atoms with Crippen LogP contribution in [0.5, 0.6) is 11.5 Å². The minimum absolute atomic E-state index is 0.00796. The highest BCUT2D eigenvalue weighted by molar-refractivity contribution is 7.90. The maximum absolute atomic E-state index is 11.7. The van der Waals surface area contributed by atoms with Crippen LogP contribution in [0.4, 0.5) is 0 Å². The molecule has 28 heavy (non-hydrogen) atoms. The lowest BCUT2D eigenvalue weighted by Crippen LogP contribution is -2.14. The second-order valence-electron chi connectivity index (χ2n) is 6.41. The summed E-state index contributed by atoms with van der Waals surface area (Å²) in [6.07, 6.45) is 1.15. The number of hydrogen-bond acceptors (Lipinski definition) is 6. The summed E-state index contributed by atoms with van der Waals surface area (Å²) in [5.74, 6) is 0.754. The van der Waals surface area contributed by atoms with Gasteiger partial charge >= 0.3 is 0 Å². The van der Waals surface area contributed by atoms with Crippen molar-refractivity contribution in [2.24, 2.45) is 5.73 Å². The summed E-state index contributed by atoms with van der Waals surface area (Å²) in [4.78, 5) is 11.6. The first kappa shape index (κ1) is 18.1. The lowest BCUT2D eigenvalue weighted by Gasteiger charge is -2.09. The highest BCUT2D eigenvalue weighted by atomic mass is 32.2. The van der Waals surface area contributed by atoms with E-state index in [1.165, 1.54) is 12.1 Å². The molecule has 0 aliphatic carbocycles. The first-order chi connectivity index (χ1) is 13.3. The van der Waals surface area contributed by atoms with Crippen molar-refractivity contribution < 1.29 is 22.7 Å². The molecule has 2 aromatic carbocycles. The van der Waals surface area contributed by atoms with E-state index in [1.807, 2.05) is 6.07 Å². The second kappa shape index (κ2) is 6.68. The van der Waals surface area contributed by atoms with E-state index in [0.717, 1.165) is 11.8 Å². The number of aromatic nitrogens is 2. The summed E-state index contributed by atoms with van der Waals surface area (Å²) < 4.78 is 35.8. The zero-order valence-corrected chi connectivity index (χ0v) is 15.8. The number of nitrogens with two attached hydrogens (primary N) is 1. The van der Waals surface area contributed by atoms with E-state index in [2.05, 4.69) is 5.10 Å². The van der Waals surface area contributed by atoms with Crippen LogP contribution < -0.4 is 15.2 Å². The van der Waals surface area contributed by atoms with Gasteiger partial charge in [-0.2, -0.15) is 5.10 Å². The summed E-state index contributed by atoms with van der Waals surface area (Å²) >= 11 is 0. The third kappa shape index (κ3) is 3.44. The number of sulfone groups is 1. The number of ether oxygens (including phenoxy) is 2. The summed E-state index contributed by atoms with van der Waals surface area (Å²) in [5.41, 5.74) is 7.96. The minimum Gasteiger partial charge on any atom is -0.454 e. The molecule has 1 aliphatic rings. The molecular weight excluding hydrogens is 382 g/mol. The van der Waals surface area contributed by atoms with E-state index in [-0.39, 0.29) is 18.1 Å². The molecule has 144 valence electrons. The first-order valence-electron chi connectivity index (χ1n) is 8.39. The monoisotopic (exact) mass is 399 g/mol. The van der Waals surface area contributed by atoms with E-state index in [1.54, 1.807) is 35.0 Å². The molecule has 0 atom stereocenters. The van der Waals surface area contributed by atoms with Crippen LogP contribution >= 0.6 is 0 Å². The van der Waals surface area contributed by atoms with Crippen molar-refractivity contribution in [3.05, 3.63) is 54.2 Å². The van der Waals surface area contributed by atoms with Crippen LogP contribution in [0, 0.1) is 0 Å². The average molecular weight is 399 g/mol. The van der Waals surface area contributed by atoms with Crippen LogP contribution in [0.1, 0.15) is 5.69 Å². The fourth-order valence-corrected chi connectivity index (χ4v) is 3.62. The topological polar surface area (TPSA) is 114 Å². The van der Waals surface area contributed by atoms with E-state index >= 15 is 0 Å². The van der Waals surface area contributed by atoms with Gasteiger partial charge in [0.25, 0.3) is 0 Å². The number of fused-ring (bicyclic) bond motifs is 1. The largest absolute Gasteiger partial charge is 0.454 e. The summed E-state index contributed by atoms with van der Waals surface area (Å²) in [5, 5.41) is 4.49. The van der Waals surface area contributed by atoms with Gasteiger partial charge in [0.15, 0.2) is 21.3 Å². The highest BCUT2D eigenvalue weighted by Crippen LogP contribution is 2.35. The van der Waals surface area contributed by atoms with Crippen molar-refractivity contribution in [2.45, 2.75) is 11.3 Å². The molecule has 3 aromatic rings. The SMILES string of the molecule is CS(=O)(=O)c1ccc(-c2cc(CC(N)=O)nn2-c2ccc3c(c2)OCO3)cc1. The van der Waals surface area contributed by atoms with Crippen molar-refractivity contribution in [3.63, 3.8) is 0 Å². The van der Waals surface area contributed by atoms with Gasteiger partial charge in [0, 0.05) is 17.9 Å². The molecule has 0 saturated heterocycles. The van der Waals surface area contributed by atoms with Crippen molar-refractivity contribution in [3.8, 4) is 28.4 Å². The van der Waals surface area contributed by atoms with Crippen LogP contribution in [0.25, 0.3) is 16.9 Å². The normalized spacial score (nSPS) is 12.9. The van der Waals surface area contributed by atoms with Crippen molar-refractivity contribution >= 4 is 15.7 Å². The molecule has 8 nitrogen and oxygen atoms in total. The van der Waals surface area contributed by atoms with E-state index in [4.69, 9.17) is 15.2 Å². The Morgan fingerprint density at radius 1 is 1.11 bits per heavy atom. The Kier molecular flexibility index (Phi) is 4.31. The summed E-state index contributed by atoms with van der Waals surface area (Å²) in [6, 6.07) is 13.6. The molecule has 2 N–H and O–H groups in total. The van der Waals surface area contributed by atoms with Crippen LogP contribution in [-0.2, 0) is 21.1 Å². The van der Waals surface area contributed by atoms with Gasteiger partial charge in [-0.25, -0.2) is 13.1 Å². The molecule has 0 bridgehead atoms. The molecule has 0 radical (unpaired) electrons. The fraction of sp³-hybridized carbons (Fsp3) is 0.158. The number of amides is 1. The molecular formula is C19H17N3O5S. The molecule has 1 amide bonds. The van der Waals surface area contributed by atoms with Gasteiger partial charge < -0.3 is 15.2 Å². The number of rotatable bonds is 5. The van der Waals surface area contributed by atoms with Gasteiger partial charge in [-0.05, 0) is 30.3 Å². The van der Waals surface area contributed by atoms with Gasteiger partial charge in [0.05, 0.1) is 28.4 Å². The first-order valence-corrected chi connectivity index (χ1v) is 10.3. The van der Waals surface area contributed by atoms with Gasteiger partial charge in [0.1, 0.15) is 0 Å². The Bertz CT molecular complexity index is 1170. The van der Waals surface area contributed by atoms with Gasteiger partial charge in [-0.15, -0.1) is 0 Å². The van der Waals surface area contributed by atoms with Crippen molar-refractivity contribution in [1.82, 2.24) is 9.78 Å². The zero-order chi connectivity index (χ0) is 19.9. The minimum atomic E-state index is -3.30. The molecule has 0 spiro atoms. The quantitative estimate of drug-likeness (QED) is 0.699. The third-order valence-corrected chi connectivity index (χ3v) is 5.42. The molecule has 0 saturated carbocycles. The van der Waals surface area contributed by atoms with E-state index in [9.17, 15) is 13.2 Å². The number of benzene rings is 2. The Hall–Kier alpha value is -3.33. The summed E-state index contributed by atoms with van der Waals surface area (Å²) in [6.45, 7) is 0.157. The molecule has 1 aliphatic heterocycles. The van der Waals surface area contributed by atoms with Crippen LogP contribution in [0.3, 0.4) is 0 Å². The second-order valence-corrected chi connectivity index (χ2v) is 8.43. The van der Waals surface area contributed by atoms with E-state index in [0.29, 0.717) is 28.6 Å². The van der Waals surface area contributed by atoms with Crippen LogP contribution in [-0.4, -0.2) is 37.2 Å². The molecule has 4 rings (SSSR count). The average Bonchev–Trinajstić information content (AvgIpc) is 3.26. The number of primary amides is 1. The lowest BCUT2D eigenvalue weighted by molar-refractivity contribution is -0.117. The van der Waals surface area contributed by atoms with Gasteiger partial charge in [-0.3, -0.25) is 4.79 Å². The van der Waals surface area contributed by atoms with Crippen LogP contribution in [0.15, 0.2) is 53.4 Å². The number of carbonyl (C=O) groups is 1. The molecule has 0 fully saturated rings. The Balaban J connectivity index is 1.82. The number of hydrogen-bond donors (Lipinski definition) is 1. The Labute approximate surface area is 161 Å². The standard InChI is InChI=1S/C19H17N3O5S/c1-28(24,25)15-5-2-12(3-6-15)16-8-13(9-19(20)23)21-22(16)14-4-7-17-18(10-14)27-11-26-17/h2-8,10H,9,11H2,1H3,(H2,20,23). The van der Waals surface area contributed by atoms with Crippen LogP contribution in [0.2, 0.25) is 0 Å². The fourth-order valence-electron chi connectivity index (χ4n) is 2.99. The Morgan fingerprint density at radius 2 is 1.82 bits per heavy atom. The van der Waals surface area contributed by atoms with Crippen molar-refractivity contribution in [2.75, 3.05) is 13.0 Å². The predicted octanol–water partition coefficient (Wildman–Crippen LogP) is 1.70. The smallest absolute Gasteiger partial charge is 0.231 e. The van der Waals surface area contributed by atoms with Gasteiger partial charge in [-0.1, -0.05) is 12.1 Å². The maximum Gasteiger partial charge on any atom is 0.231 e. The Morgan fingerprint density at radius 3 is 2.50 bits per heavy atom. The molecule has 0 unspecified atom stereocenters. The molecule has 9 heteroatoms. The zero-order valence-electron chi connectivity index (χ0n) is 15.0. The maximum atomic E-state index is 11.7. The van der Waals surface area contributed by atoms with Crippen molar-refractivity contribution in [1.29, 1.82) is 0 Å². The third-order valence-electron chi connectivity index (χ3n) is 4.29. The van der Waals surface area contributed by atoms with E-state index < -0.39 is 15.7 Å². The molecule has 1 aromatic heterocycles. The summed E-state index contributed by atoms with van der Waals surface area (Å²) in [7, 11) is -3.30.